The lowest BCUT2D eigenvalue weighted by atomic mass is 9.82. The summed E-state index contributed by atoms with van der Waals surface area (Å²) in [4.78, 5) is 23.2. The first kappa shape index (κ1) is 22.7. The number of benzene rings is 2. The highest BCUT2D eigenvalue weighted by Crippen LogP contribution is 2.45. The maximum atomic E-state index is 12.6. The quantitative estimate of drug-likeness (QED) is 0.448. The van der Waals surface area contributed by atoms with Crippen LogP contribution in [0, 0.1) is 23.2 Å². The van der Waals surface area contributed by atoms with E-state index in [2.05, 4.69) is 6.07 Å². The number of hydrogen-bond donors (Lipinski definition) is 2. The summed E-state index contributed by atoms with van der Waals surface area (Å²) in [6.45, 7) is -0.161. The van der Waals surface area contributed by atoms with Gasteiger partial charge in [-0.25, -0.2) is 4.79 Å². The molecular formula is C25H27NO5. The second-order valence-corrected chi connectivity index (χ2v) is 7.99. The Morgan fingerprint density at radius 1 is 1.10 bits per heavy atom. The fourth-order valence-corrected chi connectivity index (χ4v) is 4.43. The predicted octanol–water partition coefficient (Wildman–Crippen LogP) is 3.60. The van der Waals surface area contributed by atoms with Crippen molar-refractivity contribution >= 4 is 11.8 Å². The summed E-state index contributed by atoms with van der Waals surface area (Å²) >= 11 is 0. The van der Waals surface area contributed by atoms with Crippen LogP contribution in [-0.4, -0.2) is 41.3 Å². The molecule has 0 aromatic heterocycles. The molecule has 0 aliphatic heterocycles. The average molecular weight is 421 g/mol. The zero-order valence-corrected chi connectivity index (χ0v) is 17.3. The van der Waals surface area contributed by atoms with Crippen molar-refractivity contribution in [2.75, 3.05) is 13.2 Å². The van der Waals surface area contributed by atoms with E-state index >= 15 is 0 Å². The van der Waals surface area contributed by atoms with Crippen LogP contribution in [0.2, 0.25) is 0 Å². The molecule has 3 rings (SSSR count). The summed E-state index contributed by atoms with van der Waals surface area (Å²) < 4.78 is 5.15. The van der Waals surface area contributed by atoms with Gasteiger partial charge in [0.15, 0.2) is 5.78 Å². The van der Waals surface area contributed by atoms with Gasteiger partial charge in [-0.2, -0.15) is 5.26 Å². The molecule has 162 valence electrons. The molecule has 0 radical (unpaired) electrons. The molecule has 1 aliphatic carbocycles. The number of ketones is 1. The number of nitrogens with zero attached hydrogens (tertiary/aromatic N) is 1. The number of carboxylic acids is 1. The van der Waals surface area contributed by atoms with Gasteiger partial charge in [-0.15, -0.1) is 0 Å². The zero-order chi connectivity index (χ0) is 22.2. The van der Waals surface area contributed by atoms with Gasteiger partial charge in [0.05, 0.1) is 18.1 Å². The number of rotatable bonds is 10. The van der Waals surface area contributed by atoms with E-state index < -0.39 is 12.1 Å². The summed E-state index contributed by atoms with van der Waals surface area (Å²) in [5.41, 5.74) is 2.63. The SMILES string of the molecule is N#C[C@@H]1C[C@@H](O)C(c2ccc(C(=O)CCc3ccccc3)cc2)C1CCOCC(=O)O. The Labute approximate surface area is 182 Å². The highest BCUT2D eigenvalue weighted by Gasteiger charge is 2.43. The number of carbonyl (C=O) groups excluding carboxylic acids is 1. The molecule has 2 N–H and O–H groups in total. The standard InChI is InChI=1S/C25H27NO5/c26-15-20-14-23(28)25(21(20)12-13-31-16-24(29)30)19-9-7-18(8-10-19)22(27)11-6-17-4-2-1-3-5-17/h1-5,7-10,20-21,23,25,28H,6,11-14,16H2,(H,29,30)/t20-,21?,23+,25?/m0/s1. The first-order valence-electron chi connectivity index (χ1n) is 10.5. The van der Waals surface area contributed by atoms with Crippen LogP contribution in [-0.2, 0) is 16.0 Å². The molecule has 6 nitrogen and oxygen atoms in total. The van der Waals surface area contributed by atoms with E-state index in [4.69, 9.17) is 9.84 Å². The van der Waals surface area contributed by atoms with Crippen LogP contribution in [0.5, 0.6) is 0 Å². The van der Waals surface area contributed by atoms with Crippen LogP contribution in [0.4, 0.5) is 0 Å². The normalized spacial score (nSPS) is 22.7. The van der Waals surface area contributed by atoms with Gasteiger partial charge in [-0.05, 0) is 36.3 Å². The molecule has 31 heavy (non-hydrogen) atoms. The molecule has 6 heteroatoms. The summed E-state index contributed by atoms with van der Waals surface area (Å²) in [6, 6.07) is 19.4. The van der Waals surface area contributed by atoms with Gasteiger partial charge in [0, 0.05) is 24.5 Å². The Hall–Kier alpha value is -3.01. The number of ether oxygens (including phenoxy) is 1. The van der Waals surface area contributed by atoms with Crippen LogP contribution in [0.15, 0.2) is 54.6 Å². The largest absolute Gasteiger partial charge is 0.480 e. The Bertz CT molecular complexity index is 919. The molecule has 0 bridgehead atoms. The first-order valence-corrected chi connectivity index (χ1v) is 10.5. The smallest absolute Gasteiger partial charge is 0.329 e. The lowest BCUT2D eigenvalue weighted by Crippen LogP contribution is -2.20. The topological polar surface area (TPSA) is 108 Å². The average Bonchev–Trinajstić information content (AvgIpc) is 3.10. The predicted molar refractivity (Wildman–Crippen MR) is 115 cm³/mol. The number of aliphatic hydroxyl groups excluding tert-OH is 1. The van der Waals surface area contributed by atoms with Crippen molar-refractivity contribution < 1.29 is 24.5 Å². The number of aliphatic carboxylic acids is 1. The lowest BCUT2D eigenvalue weighted by Gasteiger charge is -2.24. The van der Waals surface area contributed by atoms with Crippen LogP contribution in [0.25, 0.3) is 0 Å². The summed E-state index contributed by atoms with van der Waals surface area (Å²) in [7, 11) is 0. The van der Waals surface area contributed by atoms with Crippen LogP contribution in [0.3, 0.4) is 0 Å². The van der Waals surface area contributed by atoms with Crippen molar-refractivity contribution in [3.63, 3.8) is 0 Å². The van der Waals surface area contributed by atoms with E-state index in [1.165, 1.54) is 0 Å². The molecule has 2 aromatic carbocycles. The van der Waals surface area contributed by atoms with E-state index in [1.54, 1.807) is 12.1 Å². The molecule has 0 saturated heterocycles. The third kappa shape index (κ3) is 6.00. The van der Waals surface area contributed by atoms with E-state index in [-0.39, 0.29) is 36.8 Å². The summed E-state index contributed by atoms with van der Waals surface area (Å²) in [6.07, 6.45) is 1.32. The second kappa shape index (κ2) is 10.9. The highest BCUT2D eigenvalue weighted by atomic mass is 16.5. The van der Waals surface area contributed by atoms with Crippen molar-refractivity contribution in [1.82, 2.24) is 0 Å². The van der Waals surface area contributed by atoms with Crippen LogP contribution in [0.1, 0.15) is 46.7 Å². The van der Waals surface area contributed by atoms with E-state index in [0.717, 1.165) is 11.1 Å². The fraction of sp³-hybridized carbons (Fsp3) is 0.400. The molecular weight excluding hydrogens is 394 g/mol. The lowest BCUT2D eigenvalue weighted by molar-refractivity contribution is -0.142. The third-order valence-electron chi connectivity index (χ3n) is 5.98. The van der Waals surface area contributed by atoms with Crippen LogP contribution < -0.4 is 0 Å². The number of Topliss-reactive ketones (excluding diaryl/α,β-unsaturated/α-hetero) is 1. The minimum Gasteiger partial charge on any atom is -0.480 e. The maximum Gasteiger partial charge on any atom is 0.329 e. The number of hydrogen-bond acceptors (Lipinski definition) is 5. The van der Waals surface area contributed by atoms with E-state index in [9.17, 15) is 20.0 Å². The minimum absolute atomic E-state index is 0.0656. The van der Waals surface area contributed by atoms with Crippen molar-refractivity contribution in [3.8, 4) is 6.07 Å². The van der Waals surface area contributed by atoms with Crippen molar-refractivity contribution in [1.29, 1.82) is 5.26 Å². The number of nitriles is 1. The van der Waals surface area contributed by atoms with Gasteiger partial charge in [0.1, 0.15) is 6.61 Å². The maximum absolute atomic E-state index is 12.6. The van der Waals surface area contributed by atoms with Crippen molar-refractivity contribution in [3.05, 3.63) is 71.3 Å². The van der Waals surface area contributed by atoms with Gasteiger partial charge >= 0.3 is 5.97 Å². The molecule has 1 fully saturated rings. The molecule has 1 saturated carbocycles. The molecule has 1 aliphatic rings. The Kier molecular flexibility index (Phi) is 7.94. The number of aliphatic hydroxyl groups is 1. The number of aryl methyl sites for hydroxylation is 1. The molecule has 2 aromatic rings. The molecule has 2 unspecified atom stereocenters. The molecule has 0 heterocycles. The van der Waals surface area contributed by atoms with E-state index in [1.807, 2.05) is 42.5 Å². The Morgan fingerprint density at radius 2 is 1.81 bits per heavy atom. The molecule has 4 atom stereocenters. The Balaban J connectivity index is 1.65. The first-order chi connectivity index (χ1) is 15.0. The number of carbonyl (C=O) groups is 2. The summed E-state index contributed by atoms with van der Waals surface area (Å²) in [5, 5.41) is 28.8. The zero-order valence-electron chi connectivity index (χ0n) is 17.3. The van der Waals surface area contributed by atoms with Gasteiger partial charge < -0.3 is 14.9 Å². The van der Waals surface area contributed by atoms with Crippen molar-refractivity contribution in [2.45, 2.75) is 37.7 Å². The molecule has 0 amide bonds. The third-order valence-corrected chi connectivity index (χ3v) is 5.98. The minimum atomic E-state index is -1.03. The Morgan fingerprint density at radius 3 is 2.45 bits per heavy atom. The monoisotopic (exact) mass is 421 g/mol. The molecule has 0 spiro atoms. The van der Waals surface area contributed by atoms with Crippen LogP contribution >= 0.6 is 0 Å². The second-order valence-electron chi connectivity index (χ2n) is 7.99. The number of carboxylic acid groups (broad SMARTS) is 1. The fourth-order valence-electron chi connectivity index (χ4n) is 4.43. The van der Waals surface area contributed by atoms with Gasteiger partial charge in [-0.3, -0.25) is 4.79 Å². The van der Waals surface area contributed by atoms with Gasteiger partial charge in [-0.1, -0.05) is 54.6 Å². The summed E-state index contributed by atoms with van der Waals surface area (Å²) in [5.74, 6) is -1.66. The van der Waals surface area contributed by atoms with E-state index in [0.29, 0.717) is 31.2 Å². The van der Waals surface area contributed by atoms with Crippen molar-refractivity contribution in [2.24, 2.45) is 11.8 Å². The highest BCUT2D eigenvalue weighted by molar-refractivity contribution is 5.96. The van der Waals surface area contributed by atoms with Gasteiger partial charge in [0.2, 0.25) is 0 Å². The van der Waals surface area contributed by atoms with Gasteiger partial charge in [0.25, 0.3) is 0 Å².